The lowest BCUT2D eigenvalue weighted by Crippen LogP contribution is -2.69. The van der Waals surface area contributed by atoms with Crippen molar-refractivity contribution in [2.45, 2.75) is 52.4 Å². The lowest BCUT2D eigenvalue weighted by molar-refractivity contribution is -0.135. The highest BCUT2D eigenvalue weighted by molar-refractivity contribution is 5.68. The molecule has 1 aromatic rings. The number of aromatic nitrogens is 1. The Bertz CT molecular complexity index is 612. The lowest BCUT2D eigenvalue weighted by Gasteiger charge is -2.55. The maximum Gasteiger partial charge on any atom is 0.404 e. The van der Waals surface area contributed by atoms with Crippen molar-refractivity contribution in [1.82, 2.24) is 4.98 Å². The van der Waals surface area contributed by atoms with E-state index in [2.05, 4.69) is 9.88 Å². The third kappa shape index (κ3) is 3.26. The smallest absolute Gasteiger partial charge is 0.404 e. The molecule has 0 radical (unpaired) electrons. The van der Waals surface area contributed by atoms with E-state index in [9.17, 15) is 9.90 Å². The number of pyridine rings is 1. The number of piperidine rings is 1. The van der Waals surface area contributed by atoms with Gasteiger partial charge in [-0.15, -0.1) is 0 Å². The summed E-state index contributed by atoms with van der Waals surface area (Å²) in [5.74, 6) is -0.159. The highest BCUT2D eigenvalue weighted by Crippen LogP contribution is 2.44. The zero-order valence-electron chi connectivity index (χ0n) is 15.0. The van der Waals surface area contributed by atoms with E-state index in [-0.39, 0.29) is 17.4 Å². The van der Waals surface area contributed by atoms with Gasteiger partial charge in [-0.25, -0.2) is 4.79 Å². The molecule has 0 saturated carbocycles. The number of nitrogens with zero attached hydrogens (tertiary/aromatic N) is 2. The molecule has 134 valence electrons. The number of amides is 1. The average molecular weight is 336 g/mol. The molecule has 2 heterocycles. The second-order valence-electron chi connectivity index (χ2n) is 7.88. The molecule has 0 bridgehead atoms. The van der Waals surface area contributed by atoms with Crippen molar-refractivity contribution in [3.05, 3.63) is 18.5 Å². The van der Waals surface area contributed by atoms with Crippen molar-refractivity contribution in [3.8, 4) is 0 Å². The van der Waals surface area contributed by atoms with Gasteiger partial charge in [0.25, 0.3) is 0 Å². The molecule has 7 nitrogen and oxygen atoms in total. The number of hydrogen-bond acceptors (Lipinski definition) is 6. The molecule has 5 N–H and O–H groups in total. The van der Waals surface area contributed by atoms with E-state index in [1.807, 2.05) is 33.8 Å². The van der Waals surface area contributed by atoms with Gasteiger partial charge in [-0.3, -0.25) is 4.98 Å². The van der Waals surface area contributed by atoms with Crippen LogP contribution >= 0.6 is 0 Å². The summed E-state index contributed by atoms with van der Waals surface area (Å²) in [6, 6.07) is 1.53. The van der Waals surface area contributed by atoms with E-state index in [1.165, 1.54) is 0 Å². The summed E-state index contributed by atoms with van der Waals surface area (Å²) in [6.45, 7) is 10.3. The molecule has 0 aliphatic carbocycles. The number of aliphatic hydroxyl groups is 1. The van der Waals surface area contributed by atoms with Crippen molar-refractivity contribution in [2.24, 2.45) is 17.1 Å². The Morgan fingerprint density at radius 3 is 2.62 bits per heavy atom. The highest BCUT2D eigenvalue weighted by Gasteiger charge is 2.55. The Hall–Kier alpha value is -2.02. The van der Waals surface area contributed by atoms with E-state index >= 15 is 0 Å². The summed E-state index contributed by atoms with van der Waals surface area (Å²) in [5.41, 5.74) is 11.2. The van der Waals surface area contributed by atoms with Gasteiger partial charge in [-0.05, 0) is 18.4 Å². The SMILES string of the molecule is C[C@H]1CN(c2ccncc2N)C(C(C)(C)C)[C@@H](OC(N)=O)C1(C)O. The monoisotopic (exact) mass is 336 g/mol. The van der Waals surface area contributed by atoms with Crippen molar-refractivity contribution in [3.63, 3.8) is 0 Å². The molecule has 1 amide bonds. The summed E-state index contributed by atoms with van der Waals surface area (Å²) in [7, 11) is 0. The van der Waals surface area contributed by atoms with Crippen LogP contribution < -0.4 is 16.4 Å². The number of nitrogens with two attached hydrogens (primary N) is 2. The number of carbonyl (C=O) groups excluding carboxylic acids is 1. The number of anilines is 2. The number of primary amides is 1. The number of carbonyl (C=O) groups is 1. The molecule has 1 aliphatic rings. The van der Waals surface area contributed by atoms with Gasteiger partial charge in [0.15, 0.2) is 6.10 Å². The molecule has 4 atom stereocenters. The van der Waals surface area contributed by atoms with Gasteiger partial charge in [0, 0.05) is 18.7 Å². The molecule has 1 aromatic heterocycles. The molecule has 7 heteroatoms. The third-order valence-corrected chi connectivity index (χ3v) is 4.93. The van der Waals surface area contributed by atoms with Crippen molar-refractivity contribution < 1.29 is 14.6 Å². The van der Waals surface area contributed by atoms with Gasteiger partial charge in [0.2, 0.25) is 0 Å². The van der Waals surface area contributed by atoms with Gasteiger partial charge in [-0.1, -0.05) is 27.7 Å². The molecule has 24 heavy (non-hydrogen) atoms. The van der Waals surface area contributed by atoms with E-state index in [0.717, 1.165) is 5.69 Å². The number of hydrogen-bond donors (Lipinski definition) is 3. The van der Waals surface area contributed by atoms with Crippen LogP contribution in [-0.2, 0) is 4.74 Å². The van der Waals surface area contributed by atoms with Crippen molar-refractivity contribution >= 4 is 17.5 Å². The van der Waals surface area contributed by atoms with Gasteiger partial charge in [-0.2, -0.15) is 0 Å². The number of nitrogen functional groups attached to an aromatic ring is 1. The van der Waals surface area contributed by atoms with Crippen LogP contribution in [0.1, 0.15) is 34.6 Å². The zero-order chi connectivity index (χ0) is 18.3. The minimum atomic E-state index is -1.20. The molecule has 0 spiro atoms. The highest BCUT2D eigenvalue weighted by atomic mass is 16.6. The summed E-state index contributed by atoms with van der Waals surface area (Å²) in [6.07, 6.45) is 1.58. The second-order valence-corrected chi connectivity index (χ2v) is 7.88. The molecule has 1 fully saturated rings. The molecular weight excluding hydrogens is 308 g/mol. The lowest BCUT2D eigenvalue weighted by atomic mass is 9.69. The summed E-state index contributed by atoms with van der Waals surface area (Å²) in [5, 5.41) is 11.0. The first-order valence-corrected chi connectivity index (χ1v) is 8.10. The van der Waals surface area contributed by atoms with E-state index < -0.39 is 17.8 Å². The van der Waals surface area contributed by atoms with Crippen LogP contribution in [0.15, 0.2) is 18.5 Å². The van der Waals surface area contributed by atoms with E-state index in [4.69, 9.17) is 16.2 Å². The Labute approximate surface area is 143 Å². The maximum atomic E-state index is 11.5. The fourth-order valence-electron chi connectivity index (χ4n) is 3.50. The first-order valence-electron chi connectivity index (χ1n) is 8.10. The molecule has 1 saturated heterocycles. The Morgan fingerprint density at radius 2 is 2.12 bits per heavy atom. The molecule has 2 rings (SSSR count). The second kappa shape index (κ2) is 6.12. The van der Waals surface area contributed by atoms with Crippen LogP contribution in [0, 0.1) is 11.3 Å². The van der Waals surface area contributed by atoms with Crippen LogP contribution in [0.4, 0.5) is 16.2 Å². The molecular formula is C17H28N4O3. The number of rotatable bonds is 2. The van der Waals surface area contributed by atoms with Gasteiger partial charge in [0.1, 0.15) is 5.60 Å². The number of ether oxygens (including phenoxy) is 1. The van der Waals surface area contributed by atoms with Crippen LogP contribution in [0.3, 0.4) is 0 Å². The Morgan fingerprint density at radius 1 is 1.50 bits per heavy atom. The van der Waals surface area contributed by atoms with Gasteiger partial charge >= 0.3 is 6.09 Å². The molecule has 1 aliphatic heterocycles. The maximum absolute atomic E-state index is 11.5. The van der Waals surface area contributed by atoms with Gasteiger partial charge < -0.3 is 26.2 Å². The summed E-state index contributed by atoms with van der Waals surface area (Å²) in [4.78, 5) is 17.6. The summed E-state index contributed by atoms with van der Waals surface area (Å²) < 4.78 is 5.40. The topological polar surface area (TPSA) is 115 Å². The summed E-state index contributed by atoms with van der Waals surface area (Å²) >= 11 is 0. The van der Waals surface area contributed by atoms with Crippen molar-refractivity contribution in [2.75, 3.05) is 17.2 Å². The quantitative estimate of drug-likeness (QED) is 0.758. The van der Waals surface area contributed by atoms with E-state index in [1.54, 1.807) is 19.3 Å². The average Bonchev–Trinajstić information content (AvgIpc) is 2.42. The molecule has 0 aromatic carbocycles. The Balaban J connectivity index is 2.58. The largest absolute Gasteiger partial charge is 0.441 e. The van der Waals surface area contributed by atoms with Crippen LogP contribution in [0.2, 0.25) is 0 Å². The van der Waals surface area contributed by atoms with Crippen LogP contribution in [0.25, 0.3) is 0 Å². The first kappa shape index (κ1) is 18.3. The van der Waals surface area contributed by atoms with Crippen molar-refractivity contribution in [1.29, 1.82) is 0 Å². The minimum Gasteiger partial charge on any atom is -0.441 e. The fourth-order valence-corrected chi connectivity index (χ4v) is 3.50. The predicted octanol–water partition coefficient (Wildman–Crippen LogP) is 1.75. The van der Waals surface area contributed by atoms with Gasteiger partial charge in [0.05, 0.1) is 23.6 Å². The van der Waals surface area contributed by atoms with Crippen LogP contribution in [0.5, 0.6) is 0 Å². The molecule has 2 unspecified atom stereocenters. The third-order valence-electron chi connectivity index (χ3n) is 4.93. The standard InChI is InChI=1S/C17H28N4O3/c1-10-9-21(12-6-7-20-8-11(12)18)13(16(2,3)4)14(17(10,5)23)24-15(19)22/h6-8,10,13-14,23H,9,18H2,1-5H3,(H2,19,22)/t10-,13?,14+,17?/m0/s1. The minimum absolute atomic E-state index is 0.159. The van der Waals surface area contributed by atoms with Crippen LogP contribution in [-0.4, -0.2) is 40.5 Å². The van der Waals surface area contributed by atoms with E-state index in [0.29, 0.717) is 12.2 Å². The first-order chi connectivity index (χ1) is 11.0. The zero-order valence-corrected chi connectivity index (χ0v) is 15.0. The normalized spacial score (nSPS) is 30.9. The fraction of sp³-hybridized carbons (Fsp3) is 0.647. The predicted molar refractivity (Wildman–Crippen MR) is 93.5 cm³/mol. The Kier molecular flexibility index (Phi) is 4.68.